The van der Waals surface area contributed by atoms with E-state index in [1.54, 1.807) is 6.20 Å². The SMILES string of the molecule is O=C(c1cnc2nc[nH]n2c1=O)N1CCCCC1CCn1cccn1. The van der Waals surface area contributed by atoms with Gasteiger partial charge in [0.25, 0.3) is 17.2 Å². The third kappa shape index (κ3) is 2.92. The van der Waals surface area contributed by atoms with Gasteiger partial charge in [-0.2, -0.15) is 9.61 Å². The molecule has 1 amide bonds. The molecule has 0 bridgehead atoms. The van der Waals surface area contributed by atoms with Crippen molar-refractivity contribution in [2.24, 2.45) is 0 Å². The lowest BCUT2D eigenvalue weighted by Gasteiger charge is -2.35. The minimum absolute atomic E-state index is 0.0766. The molecular weight excluding hydrogens is 322 g/mol. The number of carbonyl (C=O) groups is 1. The van der Waals surface area contributed by atoms with E-state index in [2.05, 4.69) is 20.2 Å². The number of likely N-dealkylation sites (tertiary alicyclic amines) is 1. The molecule has 1 unspecified atom stereocenters. The number of H-pyrrole nitrogens is 1. The smallest absolute Gasteiger partial charge is 0.286 e. The Labute approximate surface area is 143 Å². The second-order valence-corrected chi connectivity index (χ2v) is 6.21. The van der Waals surface area contributed by atoms with E-state index in [4.69, 9.17) is 0 Å². The molecule has 1 aliphatic heterocycles. The molecule has 0 aromatic carbocycles. The molecule has 9 nitrogen and oxygen atoms in total. The van der Waals surface area contributed by atoms with Crippen molar-refractivity contribution in [2.45, 2.75) is 38.3 Å². The number of hydrogen-bond acceptors (Lipinski definition) is 5. The van der Waals surface area contributed by atoms with Crippen LogP contribution in [-0.2, 0) is 6.54 Å². The van der Waals surface area contributed by atoms with Gasteiger partial charge in [-0.25, -0.2) is 9.97 Å². The van der Waals surface area contributed by atoms with Crippen LogP contribution in [0.5, 0.6) is 0 Å². The van der Waals surface area contributed by atoms with Crippen LogP contribution in [0.4, 0.5) is 0 Å². The number of aromatic nitrogens is 6. The molecule has 25 heavy (non-hydrogen) atoms. The number of rotatable bonds is 4. The number of nitrogens with one attached hydrogen (secondary N) is 1. The van der Waals surface area contributed by atoms with Crippen LogP contribution in [0.2, 0.25) is 0 Å². The Morgan fingerprint density at radius 3 is 3.08 bits per heavy atom. The zero-order valence-corrected chi connectivity index (χ0v) is 13.7. The van der Waals surface area contributed by atoms with Gasteiger partial charge >= 0.3 is 0 Å². The molecule has 0 saturated carbocycles. The first-order valence-corrected chi connectivity index (χ1v) is 8.43. The molecule has 1 aliphatic rings. The average molecular weight is 341 g/mol. The highest BCUT2D eigenvalue weighted by molar-refractivity contribution is 5.94. The Bertz CT molecular complexity index is 928. The molecule has 3 aromatic heterocycles. The summed E-state index contributed by atoms with van der Waals surface area (Å²) in [6.45, 7) is 1.41. The van der Waals surface area contributed by atoms with Gasteiger partial charge in [0.05, 0.1) is 0 Å². The van der Waals surface area contributed by atoms with Gasteiger partial charge in [0.15, 0.2) is 0 Å². The minimum atomic E-state index is -0.413. The Balaban J connectivity index is 1.57. The predicted octanol–water partition coefficient (Wildman–Crippen LogP) is 0.699. The van der Waals surface area contributed by atoms with Crippen LogP contribution in [-0.4, -0.2) is 52.8 Å². The number of piperidine rings is 1. The molecule has 3 aromatic rings. The molecule has 0 spiro atoms. The van der Waals surface area contributed by atoms with E-state index in [1.807, 2.05) is 21.8 Å². The Kier molecular flexibility index (Phi) is 4.04. The maximum atomic E-state index is 13.0. The molecule has 130 valence electrons. The lowest BCUT2D eigenvalue weighted by molar-refractivity contribution is 0.0591. The van der Waals surface area contributed by atoms with Crippen LogP contribution < -0.4 is 5.56 Å². The van der Waals surface area contributed by atoms with Gasteiger partial charge in [-0.1, -0.05) is 0 Å². The summed E-state index contributed by atoms with van der Waals surface area (Å²) in [6.07, 6.45) is 10.2. The molecule has 0 radical (unpaired) electrons. The van der Waals surface area contributed by atoms with Crippen molar-refractivity contribution in [1.82, 2.24) is 34.3 Å². The fourth-order valence-corrected chi connectivity index (χ4v) is 3.38. The maximum Gasteiger partial charge on any atom is 0.286 e. The summed E-state index contributed by atoms with van der Waals surface area (Å²) in [5.74, 6) is 0.00194. The molecule has 4 heterocycles. The van der Waals surface area contributed by atoms with Gasteiger partial charge in [0, 0.05) is 37.7 Å². The standard InChI is InChI=1S/C16H19N7O2/c24-14(13-10-17-16-18-11-20-23(16)15(13)25)22-8-2-1-4-12(22)5-9-21-7-3-6-19-21/h3,6-7,10-12H,1-2,4-5,8-9H2,(H,17,18,20). The number of aromatic amines is 1. The molecule has 1 saturated heterocycles. The van der Waals surface area contributed by atoms with Crippen molar-refractivity contribution in [3.05, 3.63) is 46.9 Å². The van der Waals surface area contributed by atoms with Crippen LogP contribution in [0, 0.1) is 0 Å². The van der Waals surface area contributed by atoms with Crippen LogP contribution >= 0.6 is 0 Å². The summed E-state index contributed by atoms with van der Waals surface area (Å²) in [4.78, 5) is 35.3. The van der Waals surface area contributed by atoms with Crippen molar-refractivity contribution in [1.29, 1.82) is 0 Å². The Morgan fingerprint density at radius 1 is 1.32 bits per heavy atom. The third-order valence-electron chi connectivity index (χ3n) is 4.68. The minimum Gasteiger partial charge on any atom is -0.335 e. The van der Waals surface area contributed by atoms with E-state index >= 15 is 0 Å². The topological polar surface area (TPSA) is 101 Å². The lowest BCUT2D eigenvalue weighted by atomic mass is 9.98. The summed E-state index contributed by atoms with van der Waals surface area (Å²) in [5.41, 5.74) is -0.336. The maximum absolute atomic E-state index is 13.0. The number of aryl methyl sites for hydroxylation is 1. The number of fused-ring (bicyclic) bond motifs is 1. The predicted molar refractivity (Wildman–Crippen MR) is 89.1 cm³/mol. The summed E-state index contributed by atoms with van der Waals surface area (Å²) in [6, 6.07) is 1.99. The van der Waals surface area contributed by atoms with Crippen LogP contribution in [0.1, 0.15) is 36.0 Å². The number of hydrogen-bond donors (Lipinski definition) is 1. The molecule has 4 rings (SSSR count). The largest absolute Gasteiger partial charge is 0.335 e. The van der Waals surface area contributed by atoms with Gasteiger partial charge in [0.2, 0.25) is 0 Å². The molecular formula is C16H19N7O2. The highest BCUT2D eigenvalue weighted by Gasteiger charge is 2.29. The van der Waals surface area contributed by atoms with E-state index in [9.17, 15) is 9.59 Å². The normalized spacial score (nSPS) is 17.9. The van der Waals surface area contributed by atoms with Gasteiger partial charge < -0.3 is 4.90 Å². The summed E-state index contributed by atoms with van der Waals surface area (Å²) in [7, 11) is 0. The Hall–Kier alpha value is -2.97. The first kappa shape index (κ1) is 15.6. The summed E-state index contributed by atoms with van der Waals surface area (Å²) >= 11 is 0. The third-order valence-corrected chi connectivity index (χ3v) is 4.68. The average Bonchev–Trinajstić information content (AvgIpc) is 3.32. The van der Waals surface area contributed by atoms with E-state index in [0.29, 0.717) is 6.54 Å². The van der Waals surface area contributed by atoms with Crippen molar-refractivity contribution < 1.29 is 4.79 Å². The second kappa shape index (κ2) is 6.50. The van der Waals surface area contributed by atoms with Crippen molar-refractivity contribution in [3.8, 4) is 0 Å². The van der Waals surface area contributed by atoms with Crippen LogP contribution in [0.25, 0.3) is 5.78 Å². The molecule has 1 N–H and O–H groups in total. The summed E-state index contributed by atoms with van der Waals surface area (Å²) < 4.78 is 3.06. The molecule has 0 aliphatic carbocycles. The Morgan fingerprint density at radius 2 is 2.24 bits per heavy atom. The summed E-state index contributed by atoms with van der Waals surface area (Å²) in [5, 5.41) is 6.90. The lowest BCUT2D eigenvalue weighted by Crippen LogP contribution is -2.46. The van der Waals surface area contributed by atoms with Gasteiger partial charge in [0.1, 0.15) is 11.9 Å². The van der Waals surface area contributed by atoms with E-state index < -0.39 is 5.56 Å². The quantitative estimate of drug-likeness (QED) is 0.753. The van der Waals surface area contributed by atoms with Gasteiger partial charge in [-0.15, -0.1) is 0 Å². The van der Waals surface area contributed by atoms with E-state index in [1.165, 1.54) is 17.0 Å². The number of nitrogens with zero attached hydrogens (tertiary/aromatic N) is 6. The van der Waals surface area contributed by atoms with Crippen LogP contribution in [0.15, 0.2) is 35.8 Å². The highest BCUT2D eigenvalue weighted by atomic mass is 16.2. The van der Waals surface area contributed by atoms with E-state index in [-0.39, 0.29) is 23.3 Å². The monoisotopic (exact) mass is 341 g/mol. The zero-order chi connectivity index (χ0) is 17.2. The fraction of sp³-hybridized carbons (Fsp3) is 0.438. The zero-order valence-electron chi connectivity index (χ0n) is 13.7. The number of carbonyl (C=O) groups excluding carboxylic acids is 1. The first-order chi connectivity index (χ1) is 12.2. The van der Waals surface area contributed by atoms with Crippen molar-refractivity contribution in [2.75, 3.05) is 6.54 Å². The van der Waals surface area contributed by atoms with Crippen molar-refractivity contribution >= 4 is 11.7 Å². The number of amides is 1. The van der Waals surface area contributed by atoms with Gasteiger partial charge in [-0.05, 0) is 31.7 Å². The first-order valence-electron chi connectivity index (χ1n) is 8.43. The molecule has 1 fully saturated rings. The van der Waals surface area contributed by atoms with E-state index in [0.717, 1.165) is 32.2 Å². The second-order valence-electron chi connectivity index (χ2n) is 6.21. The molecule has 9 heteroatoms. The van der Waals surface area contributed by atoms with Gasteiger partial charge in [-0.3, -0.25) is 19.4 Å². The molecule has 1 atom stereocenters. The fourth-order valence-electron chi connectivity index (χ4n) is 3.38. The van der Waals surface area contributed by atoms with Crippen LogP contribution in [0.3, 0.4) is 0 Å². The van der Waals surface area contributed by atoms with Crippen molar-refractivity contribution in [3.63, 3.8) is 0 Å². The highest BCUT2D eigenvalue weighted by Crippen LogP contribution is 2.21.